The van der Waals surface area contributed by atoms with Gasteiger partial charge in [0.05, 0.1) is 29.9 Å². The summed E-state index contributed by atoms with van der Waals surface area (Å²) in [7, 11) is 0. The summed E-state index contributed by atoms with van der Waals surface area (Å²) in [6.45, 7) is 2.26. The fraction of sp³-hybridized carbons (Fsp3) is 0.269. The third-order valence-electron chi connectivity index (χ3n) is 7.31. The highest BCUT2D eigenvalue weighted by Gasteiger charge is 2.49. The summed E-state index contributed by atoms with van der Waals surface area (Å²) in [5.41, 5.74) is 5.96. The lowest BCUT2D eigenvalue weighted by molar-refractivity contribution is 0.0560. The quantitative estimate of drug-likeness (QED) is 0.458. The Bertz CT molecular complexity index is 1320. The summed E-state index contributed by atoms with van der Waals surface area (Å²) < 4.78 is 20.9. The number of para-hydroxylation sites is 1. The van der Waals surface area contributed by atoms with Crippen LogP contribution in [0.1, 0.15) is 42.7 Å². The van der Waals surface area contributed by atoms with Crippen molar-refractivity contribution in [3.63, 3.8) is 0 Å². The maximum atomic E-state index is 13.4. The van der Waals surface area contributed by atoms with Gasteiger partial charge in [0, 0.05) is 10.9 Å². The Morgan fingerprint density at radius 2 is 2.00 bits per heavy atom. The van der Waals surface area contributed by atoms with Gasteiger partial charge in [0.25, 0.3) is 0 Å². The van der Waals surface area contributed by atoms with Crippen molar-refractivity contribution < 1.29 is 13.9 Å². The highest BCUT2D eigenvalue weighted by Crippen LogP contribution is 2.57. The molecule has 156 valence electrons. The molecule has 4 aromatic rings. The number of rotatable bonds is 3. The Morgan fingerprint density at radius 1 is 1.19 bits per heavy atom. The highest BCUT2D eigenvalue weighted by molar-refractivity contribution is 5.81. The maximum absolute atomic E-state index is 13.4. The minimum absolute atomic E-state index is 0.0991. The van der Waals surface area contributed by atoms with Gasteiger partial charge in [-0.05, 0) is 72.6 Å². The molecule has 3 atom stereocenters. The van der Waals surface area contributed by atoms with E-state index in [0.29, 0.717) is 0 Å². The molecule has 1 saturated carbocycles. The highest BCUT2D eigenvalue weighted by atomic mass is 19.1. The van der Waals surface area contributed by atoms with Crippen molar-refractivity contribution >= 4 is 17.0 Å². The standard InChI is InChI=1S/C26H23FN2O2/c1-26-13-16-14-28-29(19-9-7-18(27)8-10-19)23(16)12-17(26)6-11-22(26)25(30)21-15-31-24-5-3-2-4-20(21)24/h2-5,7-10,12,14-15,22,25,30H,6,11,13H2,1H3/t22-,25-,26+/m1/s1. The number of furan rings is 1. The van der Waals surface area contributed by atoms with E-state index in [2.05, 4.69) is 18.1 Å². The molecule has 0 bridgehead atoms. The normalized spacial score (nSPS) is 23.5. The minimum atomic E-state index is -0.590. The average molecular weight is 414 g/mol. The zero-order chi connectivity index (χ0) is 21.2. The third kappa shape index (κ3) is 2.73. The van der Waals surface area contributed by atoms with Crippen LogP contribution in [0.15, 0.2) is 71.0 Å². The molecular formula is C26H23FN2O2. The summed E-state index contributed by atoms with van der Waals surface area (Å²) in [6.07, 6.45) is 7.96. The maximum Gasteiger partial charge on any atom is 0.134 e. The van der Waals surface area contributed by atoms with Crippen LogP contribution in [0, 0.1) is 17.2 Å². The molecule has 0 radical (unpaired) electrons. The first-order valence-corrected chi connectivity index (χ1v) is 10.7. The van der Waals surface area contributed by atoms with Gasteiger partial charge < -0.3 is 9.52 Å². The molecule has 4 nitrogen and oxygen atoms in total. The summed E-state index contributed by atoms with van der Waals surface area (Å²) >= 11 is 0. The number of hydrogen-bond donors (Lipinski definition) is 1. The molecule has 0 aliphatic heterocycles. The van der Waals surface area contributed by atoms with Gasteiger partial charge >= 0.3 is 0 Å². The molecule has 2 aliphatic rings. The second kappa shape index (κ2) is 6.66. The number of halogens is 1. The Kier molecular flexibility index (Phi) is 3.99. The summed E-state index contributed by atoms with van der Waals surface area (Å²) in [5, 5.41) is 17.0. The number of aromatic nitrogens is 2. The number of hydrogen-bond acceptors (Lipinski definition) is 3. The first-order chi connectivity index (χ1) is 15.0. The van der Waals surface area contributed by atoms with Crippen LogP contribution in [0.3, 0.4) is 0 Å². The Labute approximate surface area is 179 Å². The monoisotopic (exact) mass is 414 g/mol. The predicted molar refractivity (Wildman–Crippen MR) is 117 cm³/mol. The van der Waals surface area contributed by atoms with E-state index in [1.807, 2.05) is 35.1 Å². The number of allylic oxidation sites excluding steroid dienone is 1. The molecule has 31 heavy (non-hydrogen) atoms. The van der Waals surface area contributed by atoms with E-state index in [4.69, 9.17) is 4.42 Å². The van der Waals surface area contributed by atoms with Crippen molar-refractivity contribution in [3.8, 4) is 5.69 Å². The van der Waals surface area contributed by atoms with Gasteiger partial charge in [-0.2, -0.15) is 5.10 Å². The van der Waals surface area contributed by atoms with Gasteiger partial charge in [-0.15, -0.1) is 0 Å². The van der Waals surface area contributed by atoms with E-state index in [9.17, 15) is 9.50 Å². The summed E-state index contributed by atoms with van der Waals surface area (Å²) in [4.78, 5) is 0. The van der Waals surface area contributed by atoms with Crippen LogP contribution in [0.4, 0.5) is 4.39 Å². The van der Waals surface area contributed by atoms with Crippen LogP contribution in [0.2, 0.25) is 0 Å². The van der Waals surface area contributed by atoms with E-state index in [-0.39, 0.29) is 17.2 Å². The fourth-order valence-corrected chi connectivity index (χ4v) is 5.62. The lowest BCUT2D eigenvalue weighted by atomic mass is 9.67. The molecular weight excluding hydrogens is 391 g/mol. The van der Waals surface area contributed by atoms with E-state index in [1.54, 1.807) is 18.4 Å². The van der Waals surface area contributed by atoms with Gasteiger partial charge in [0.15, 0.2) is 0 Å². The Hall–Kier alpha value is -3.18. The molecule has 2 heterocycles. The molecule has 2 aliphatic carbocycles. The second-order valence-corrected chi connectivity index (χ2v) is 8.98. The van der Waals surface area contributed by atoms with Gasteiger partial charge in [0.1, 0.15) is 11.4 Å². The zero-order valence-electron chi connectivity index (χ0n) is 17.3. The van der Waals surface area contributed by atoms with Gasteiger partial charge in [-0.25, -0.2) is 9.07 Å². The molecule has 0 saturated heterocycles. The zero-order valence-corrected chi connectivity index (χ0v) is 17.3. The Morgan fingerprint density at radius 3 is 2.84 bits per heavy atom. The van der Waals surface area contributed by atoms with E-state index in [1.165, 1.54) is 17.7 Å². The molecule has 6 rings (SSSR count). The molecule has 0 unspecified atom stereocenters. The third-order valence-corrected chi connectivity index (χ3v) is 7.31. The molecule has 0 spiro atoms. The fourth-order valence-electron chi connectivity index (χ4n) is 5.62. The second-order valence-electron chi connectivity index (χ2n) is 8.98. The number of nitrogens with zero attached hydrogens (tertiary/aromatic N) is 2. The number of benzene rings is 2. The topological polar surface area (TPSA) is 51.2 Å². The van der Waals surface area contributed by atoms with Crippen LogP contribution in [0.5, 0.6) is 0 Å². The van der Waals surface area contributed by atoms with Crippen LogP contribution in [-0.2, 0) is 6.42 Å². The lowest BCUT2D eigenvalue weighted by Gasteiger charge is -2.38. The Balaban J connectivity index is 1.37. The molecule has 1 fully saturated rings. The van der Waals surface area contributed by atoms with Crippen LogP contribution >= 0.6 is 0 Å². The lowest BCUT2D eigenvalue weighted by Crippen LogP contribution is -2.32. The van der Waals surface area contributed by atoms with Crippen molar-refractivity contribution in [1.29, 1.82) is 0 Å². The van der Waals surface area contributed by atoms with Crippen molar-refractivity contribution in [2.24, 2.45) is 11.3 Å². The predicted octanol–water partition coefficient (Wildman–Crippen LogP) is 5.85. The average Bonchev–Trinajstić information content (AvgIpc) is 3.46. The number of aliphatic hydroxyl groups is 1. The first kappa shape index (κ1) is 18.6. The van der Waals surface area contributed by atoms with Gasteiger partial charge in [0.2, 0.25) is 0 Å². The summed E-state index contributed by atoms with van der Waals surface area (Å²) in [5.74, 6) is -0.155. The van der Waals surface area contributed by atoms with Crippen molar-refractivity contribution in [2.45, 2.75) is 32.3 Å². The number of aliphatic hydroxyl groups excluding tert-OH is 1. The molecule has 2 aromatic carbocycles. The summed E-state index contributed by atoms with van der Waals surface area (Å²) in [6, 6.07) is 14.3. The van der Waals surface area contributed by atoms with Crippen LogP contribution in [-0.4, -0.2) is 14.9 Å². The van der Waals surface area contributed by atoms with Gasteiger partial charge in [-0.3, -0.25) is 0 Å². The number of fused-ring (bicyclic) bond motifs is 3. The molecule has 5 heteroatoms. The molecule has 1 N–H and O–H groups in total. The van der Waals surface area contributed by atoms with Gasteiger partial charge in [-0.1, -0.05) is 30.7 Å². The first-order valence-electron chi connectivity index (χ1n) is 10.7. The molecule has 0 amide bonds. The van der Waals surface area contributed by atoms with Crippen molar-refractivity contribution in [3.05, 3.63) is 89.2 Å². The molecule has 2 aromatic heterocycles. The smallest absolute Gasteiger partial charge is 0.134 e. The minimum Gasteiger partial charge on any atom is -0.464 e. The van der Waals surface area contributed by atoms with Crippen LogP contribution in [0.25, 0.3) is 22.7 Å². The van der Waals surface area contributed by atoms with Crippen molar-refractivity contribution in [2.75, 3.05) is 0 Å². The van der Waals surface area contributed by atoms with Crippen molar-refractivity contribution in [1.82, 2.24) is 9.78 Å². The van der Waals surface area contributed by atoms with E-state index >= 15 is 0 Å². The SMILES string of the molecule is C[C@]12Cc3cnn(-c4ccc(F)cc4)c3C=C1CC[C@@H]2[C@H](O)c1coc2ccccc12. The van der Waals surface area contributed by atoms with E-state index < -0.39 is 6.10 Å². The largest absolute Gasteiger partial charge is 0.464 e. The van der Waals surface area contributed by atoms with E-state index in [0.717, 1.165) is 52.7 Å². The van der Waals surface area contributed by atoms with Crippen LogP contribution < -0.4 is 0 Å².